The fourth-order valence-electron chi connectivity index (χ4n) is 0. The third kappa shape index (κ3) is 95.8. The quantitative estimate of drug-likeness (QED) is 0.406. The van der Waals surface area contributed by atoms with Gasteiger partial charge in [0, 0.05) is 21.5 Å². The van der Waals surface area contributed by atoms with Crippen LogP contribution >= 0.6 is 65.4 Å². The molecule has 0 aromatic heterocycles. The van der Waals surface area contributed by atoms with E-state index in [0.29, 0.717) is 0 Å². The number of halogens is 4. The fourth-order valence-corrected chi connectivity index (χ4v) is 0. The van der Waals surface area contributed by atoms with Crippen molar-refractivity contribution < 1.29 is 0 Å². The highest BCUT2D eigenvalue weighted by atomic mass is 127. The minimum Gasteiger partial charge on any atom is -0.147 e. The first kappa shape index (κ1) is 50.3. The van der Waals surface area contributed by atoms with Crippen molar-refractivity contribution in [3.8, 4) is 0 Å². The van der Waals surface area contributed by atoms with Crippen LogP contribution in [-0.4, -0.2) is 4.93 Å². The van der Waals surface area contributed by atoms with Crippen molar-refractivity contribution in [3.05, 3.63) is 0 Å². The van der Waals surface area contributed by atoms with E-state index in [-0.39, 0.29) is 34.7 Å². The lowest BCUT2D eigenvalue weighted by molar-refractivity contribution is 2.50. The highest BCUT2D eigenvalue weighted by Crippen LogP contribution is 1.79. The van der Waals surface area contributed by atoms with Gasteiger partial charge in [-0.15, -0.1) is 12.4 Å². The van der Waals surface area contributed by atoms with Crippen molar-refractivity contribution in [2.45, 2.75) is 22.3 Å². The van der Waals surface area contributed by atoms with E-state index in [4.69, 9.17) is 0 Å². The van der Waals surface area contributed by atoms with E-state index in [1.807, 2.05) is 4.93 Å². The van der Waals surface area contributed by atoms with E-state index in [1.165, 1.54) is 0 Å². The van der Waals surface area contributed by atoms with Gasteiger partial charge >= 0.3 is 0 Å². The van der Waals surface area contributed by atoms with Gasteiger partial charge in [-0.2, -0.15) is 0 Å². The topological polar surface area (TPSA) is 0 Å². The summed E-state index contributed by atoms with van der Waals surface area (Å²) in [7, 11) is 4.61. The molecule has 0 amide bonds. The third-order valence-corrected chi connectivity index (χ3v) is 0. The number of hydrogen-bond donors (Lipinski definition) is 0. The molecule has 0 saturated heterocycles. The van der Waals surface area contributed by atoms with Gasteiger partial charge in [-0.3, -0.25) is 0 Å². The lowest BCUT2D eigenvalue weighted by atomic mass is 12.0. The minimum atomic E-state index is 0. The van der Waals surface area contributed by atoms with Crippen LogP contribution in [0.4, 0.5) is 0 Å². The summed E-state index contributed by atoms with van der Waals surface area (Å²) in [5.41, 5.74) is 0. The Bertz CT molecular complexity index is 12.0. The molecule has 0 nitrogen and oxygen atoms in total. The first-order valence-corrected chi connectivity index (χ1v) is 5.41. The summed E-state index contributed by atoms with van der Waals surface area (Å²) in [4.78, 5) is 1.97. The molecule has 4 heteroatoms. The van der Waals surface area contributed by atoms with Crippen LogP contribution in [-0.2, 0) is 0 Å². The van der Waals surface area contributed by atoms with Crippen molar-refractivity contribution >= 4 is 65.4 Å². The third-order valence-electron chi connectivity index (χ3n) is 0. The van der Waals surface area contributed by atoms with E-state index in [2.05, 4.69) is 31.5 Å². The Labute approximate surface area is 91.6 Å². The number of hydrogen-bond acceptors (Lipinski definition) is 0. The van der Waals surface area contributed by atoms with Crippen LogP contribution in [0.2, 0.25) is 0 Å². The van der Waals surface area contributed by atoms with Crippen LogP contribution in [0.5, 0.6) is 0 Å². The molecule has 0 aliphatic heterocycles. The van der Waals surface area contributed by atoms with Gasteiger partial charge in [0.1, 0.15) is 0 Å². The maximum Gasteiger partial charge on any atom is 0.0425 e. The van der Waals surface area contributed by atoms with Gasteiger partial charge < -0.3 is 0 Å². The molecule has 0 atom stereocenters. The zero-order valence-corrected chi connectivity index (χ0v) is 8.43. The van der Waals surface area contributed by atoms with Crippen LogP contribution in [0.15, 0.2) is 0 Å². The second kappa shape index (κ2) is 140. The number of alkyl halides is 1. The van der Waals surface area contributed by atoms with E-state index in [0.717, 1.165) is 0 Å². The zero-order chi connectivity index (χ0) is 4.00. The minimum absolute atomic E-state index is 0. The molecule has 0 aromatic carbocycles. The molecule has 0 unspecified atom stereocenters. The highest BCUT2D eigenvalue weighted by molar-refractivity contribution is 14.1. The molecule has 0 rings (SSSR count). The summed E-state index contributed by atoms with van der Waals surface area (Å²) < 4.78 is 0. The van der Waals surface area contributed by atoms with Gasteiger partial charge in [0.2, 0.25) is 0 Å². The zero-order valence-electron chi connectivity index (χ0n) is 2.54. The van der Waals surface area contributed by atoms with Gasteiger partial charge in [-0.25, -0.2) is 0 Å². The molecule has 0 spiro atoms. The molecule has 8 heavy (non-hydrogen) atoms. The average molecular weight is 389 g/mol. The summed E-state index contributed by atoms with van der Waals surface area (Å²) >= 11 is 3.77. The smallest absolute Gasteiger partial charge is 0.0425 e. The van der Waals surface area contributed by atoms with Gasteiger partial charge in [0.05, 0.1) is 0 Å². The van der Waals surface area contributed by atoms with E-state index in [1.54, 1.807) is 21.5 Å². The van der Waals surface area contributed by atoms with Crippen LogP contribution in [0.1, 0.15) is 22.3 Å². The predicted molar refractivity (Wildman–Crippen MR) is 67.3 cm³/mol. The Balaban J connectivity index is -0.00000000167. The molecule has 0 bridgehead atoms. The summed E-state index contributed by atoms with van der Waals surface area (Å²) in [6.07, 6.45) is 0. The first-order valence-electron chi connectivity index (χ1n) is 0.521. The molecule has 0 aliphatic carbocycles. The molecule has 0 N–H and O–H groups in total. The molecule has 0 aromatic rings. The Hall–Kier alpha value is 2.04. The van der Waals surface area contributed by atoms with Gasteiger partial charge in [-0.1, -0.05) is 44.9 Å². The molecule has 0 saturated carbocycles. The Kier molecular flexibility index (Phi) is 882. The van der Waals surface area contributed by atoms with Gasteiger partial charge in [0.15, 0.2) is 0 Å². The molecule has 0 radical (unpaired) electrons. The summed E-state index contributed by atoms with van der Waals surface area (Å²) in [6.45, 7) is 0. The SMILES string of the molecule is C.C.C.CI.Cl.ClI. The van der Waals surface area contributed by atoms with Crippen molar-refractivity contribution in [2.24, 2.45) is 0 Å². The van der Waals surface area contributed by atoms with E-state index < -0.39 is 0 Å². The normalized spacial score (nSPS) is 1.50. The first-order chi connectivity index (χ1) is 2.00. The second-order valence-electron chi connectivity index (χ2n) is 0. The van der Waals surface area contributed by atoms with Crippen LogP contribution in [0.3, 0.4) is 0 Å². The maximum absolute atomic E-state index is 4.61. The van der Waals surface area contributed by atoms with Crippen molar-refractivity contribution in [1.29, 1.82) is 0 Å². The molecular formula is C4H16Cl2I2. The summed E-state index contributed by atoms with van der Waals surface area (Å²) in [6, 6.07) is 0. The van der Waals surface area contributed by atoms with E-state index >= 15 is 0 Å². The fraction of sp³-hybridized carbons (Fsp3) is 1.00. The van der Waals surface area contributed by atoms with Crippen LogP contribution < -0.4 is 0 Å². The standard InChI is InChI=1S/CH3I.3CH4.ClI.ClH/c1-2;;;;1-2;/h1H3;3*1H4;;1H. The van der Waals surface area contributed by atoms with Gasteiger partial charge in [0.25, 0.3) is 0 Å². The van der Waals surface area contributed by atoms with Crippen molar-refractivity contribution in [3.63, 3.8) is 0 Å². The Morgan fingerprint density at radius 1 is 0.875 bits per heavy atom. The molecule has 60 valence electrons. The lowest BCUT2D eigenvalue weighted by Crippen LogP contribution is -0.798. The van der Waals surface area contributed by atoms with Crippen molar-refractivity contribution in [1.82, 2.24) is 0 Å². The Morgan fingerprint density at radius 3 is 0.875 bits per heavy atom. The summed E-state index contributed by atoms with van der Waals surface area (Å²) in [5, 5.41) is 0. The van der Waals surface area contributed by atoms with Gasteiger partial charge in [-0.05, 0) is 13.8 Å². The molecule has 0 fully saturated rings. The van der Waals surface area contributed by atoms with Crippen LogP contribution in [0.25, 0.3) is 0 Å². The number of rotatable bonds is 0. The maximum atomic E-state index is 4.61. The highest BCUT2D eigenvalue weighted by Gasteiger charge is 1.00. The second-order valence-corrected chi connectivity index (χ2v) is 0. The summed E-state index contributed by atoms with van der Waals surface area (Å²) in [5.74, 6) is 0. The average Bonchev–Trinajstić information content (AvgIpc) is 1.50. The largest absolute Gasteiger partial charge is 0.147 e. The van der Waals surface area contributed by atoms with Crippen LogP contribution in [0, 0.1) is 0 Å². The predicted octanol–water partition coefficient (Wildman–Crippen LogP) is 4.96. The lowest BCUT2D eigenvalue weighted by Gasteiger charge is -1.05. The molecule has 0 aliphatic rings. The Morgan fingerprint density at radius 2 is 0.875 bits per heavy atom. The van der Waals surface area contributed by atoms with Crippen molar-refractivity contribution in [2.75, 3.05) is 4.93 Å². The molecular weight excluding hydrogens is 373 g/mol. The molecule has 0 heterocycles. The van der Waals surface area contributed by atoms with E-state index in [9.17, 15) is 0 Å². The monoisotopic (exact) mass is 388 g/mol.